The van der Waals surface area contributed by atoms with Gasteiger partial charge in [-0.1, -0.05) is 18.2 Å². The summed E-state index contributed by atoms with van der Waals surface area (Å²) in [5, 5.41) is 5.15. The lowest BCUT2D eigenvalue weighted by Gasteiger charge is -2.17. The van der Waals surface area contributed by atoms with Crippen molar-refractivity contribution < 1.29 is 13.2 Å². The molecule has 0 unspecified atom stereocenters. The number of amides is 1. The monoisotopic (exact) mass is 348 g/mol. The van der Waals surface area contributed by atoms with Crippen LogP contribution in [0.3, 0.4) is 0 Å². The number of nitrogens with zero attached hydrogens (tertiary/aromatic N) is 1. The highest BCUT2D eigenvalue weighted by atomic mass is 32.2. The SMILES string of the molecule is NS(=O)(=O)c1ccc2c(c1)CCN2C(=O)CSc1ccccc1. The smallest absolute Gasteiger partial charge is 0.238 e. The molecule has 1 aliphatic rings. The number of carbonyl (C=O) groups is 1. The Labute approximate surface area is 139 Å². The van der Waals surface area contributed by atoms with Crippen molar-refractivity contribution >= 4 is 33.4 Å². The number of hydrogen-bond donors (Lipinski definition) is 1. The molecule has 2 N–H and O–H groups in total. The van der Waals surface area contributed by atoms with Gasteiger partial charge in [-0.25, -0.2) is 13.6 Å². The third kappa shape index (κ3) is 3.57. The first-order valence-corrected chi connectivity index (χ1v) is 9.62. The second kappa shape index (κ2) is 6.35. The number of sulfonamides is 1. The van der Waals surface area contributed by atoms with Crippen molar-refractivity contribution in [3.8, 4) is 0 Å². The molecule has 0 saturated heterocycles. The van der Waals surface area contributed by atoms with E-state index in [1.807, 2.05) is 30.3 Å². The first-order chi connectivity index (χ1) is 10.9. The Morgan fingerprint density at radius 1 is 1.17 bits per heavy atom. The zero-order valence-electron chi connectivity index (χ0n) is 12.3. The average molecular weight is 348 g/mol. The van der Waals surface area contributed by atoms with Crippen molar-refractivity contribution in [1.29, 1.82) is 0 Å². The molecule has 0 spiro atoms. The zero-order chi connectivity index (χ0) is 16.4. The summed E-state index contributed by atoms with van der Waals surface area (Å²) in [4.78, 5) is 15.3. The van der Waals surface area contributed by atoms with Crippen molar-refractivity contribution in [3.05, 3.63) is 54.1 Å². The van der Waals surface area contributed by atoms with Crippen LogP contribution in [-0.4, -0.2) is 26.6 Å². The molecule has 0 radical (unpaired) electrons. The fourth-order valence-electron chi connectivity index (χ4n) is 2.55. The largest absolute Gasteiger partial charge is 0.311 e. The number of thioether (sulfide) groups is 1. The summed E-state index contributed by atoms with van der Waals surface area (Å²) in [7, 11) is -3.72. The van der Waals surface area contributed by atoms with Crippen LogP contribution in [0.4, 0.5) is 5.69 Å². The Morgan fingerprint density at radius 3 is 2.61 bits per heavy atom. The number of primary sulfonamides is 1. The molecule has 7 heteroatoms. The van der Waals surface area contributed by atoms with E-state index in [1.54, 1.807) is 17.0 Å². The number of fused-ring (bicyclic) bond motifs is 1. The number of nitrogens with two attached hydrogens (primary N) is 1. The van der Waals surface area contributed by atoms with Gasteiger partial charge in [-0.15, -0.1) is 11.8 Å². The Balaban J connectivity index is 1.73. The highest BCUT2D eigenvalue weighted by molar-refractivity contribution is 8.00. The molecule has 5 nitrogen and oxygen atoms in total. The van der Waals surface area contributed by atoms with Gasteiger partial charge in [0.2, 0.25) is 15.9 Å². The van der Waals surface area contributed by atoms with Crippen LogP contribution in [0.5, 0.6) is 0 Å². The quantitative estimate of drug-likeness (QED) is 0.857. The molecule has 0 aromatic heterocycles. The minimum absolute atomic E-state index is 0.0148. The molecule has 0 atom stereocenters. The van der Waals surface area contributed by atoms with Gasteiger partial charge in [0.1, 0.15) is 0 Å². The standard InChI is InChI=1S/C16H16N2O3S2/c17-23(20,21)14-6-7-15-12(10-14)8-9-18(15)16(19)11-22-13-4-2-1-3-5-13/h1-7,10H,8-9,11H2,(H2,17,20,21). The summed E-state index contributed by atoms with van der Waals surface area (Å²) in [5.74, 6) is 0.362. The van der Waals surface area contributed by atoms with Crippen LogP contribution in [0.2, 0.25) is 0 Å². The van der Waals surface area contributed by atoms with Gasteiger partial charge in [0.15, 0.2) is 0 Å². The minimum atomic E-state index is -3.72. The summed E-state index contributed by atoms with van der Waals surface area (Å²) in [6.07, 6.45) is 0.639. The lowest BCUT2D eigenvalue weighted by atomic mass is 10.2. The fraction of sp³-hybridized carbons (Fsp3) is 0.188. The molecule has 0 bridgehead atoms. The maximum absolute atomic E-state index is 12.4. The molecule has 1 heterocycles. The first-order valence-electron chi connectivity index (χ1n) is 7.09. The minimum Gasteiger partial charge on any atom is -0.311 e. The number of hydrogen-bond acceptors (Lipinski definition) is 4. The van der Waals surface area contributed by atoms with Crippen molar-refractivity contribution in [2.24, 2.45) is 5.14 Å². The summed E-state index contributed by atoms with van der Waals surface area (Å²) in [6.45, 7) is 0.567. The number of anilines is 1. The van der Waals surface area contributed by atoms with Crippen LogP contribution in [0.25, 0.3) is 0 Å². The van der Waals surface area contributed by atoms with Crippen molar-refractivity contribution in [1.82, 2.24) is 0 Å². The van der Waals surface area contributed by atoms with E-state index in [9.17, 15) is 13.2 Å². The van der Waals surface area contributed by atoms with Gasteiger partial charge >= 0.3 is 0 Å². The van der Waals surface area contributed by atoms with E-state index in [0.29, 0.717) is 18.7 Å². The summed E-state index contributed by atoms with van der Waals surface area (Å²) in [6, 6.07) is 14.4. The average Bonchev–Trinajstić information content (AvgIpc) is 2.96. The molecule has 0 fully saturated rings. The van der Waals surface area contributed by atoms with Gasteiger partial charge < -0.3 is 4.90 Å². The molecule has 1 amide bonds. The molecule has 120 valence electrons. The summed E-state index contributed by atoms with van der Waals surface area (Å²) in [5.41, 5.74) is 1.62. The predicted molar refractivity (Wildman–Crippen MR) is 91.0 cm³/mol. The molecule has 2 aromatic rings. The van der Waals surface area contributed by atoms with Crippen molar-refractivity contribution in [3.63, 3.8) is 0 Å². The summed E-state index contributed by atoms with van der Waals surface area (Å²) < 4.78 is 22.8. The van der Waals surface area contributed by atoms with E-state index in [4.69, 9.17) is 5.14 Å². The van der Waals surface area contributed by atoms with Gasteiger partial charge in [-0.05, 0) is 42.3 Å². The van der Waals surface area contributed by atoms with E-state index in [0.717, 1.165) is 16.1 Å². The van der Waals surface area contributed by atoms with Gasteiger partial charge in [0.05, 0.1) is 10.6 Å². The Morgan fingerprint density at radius 2 is 1.91 bits per heavy atom. The first kappa shape index (κ1) is 16.0. The third-order valence-electron chi connectivity index (χ3n) is 3.68. The van der Waals surface area contributed by atoms with Gasteiger partial charge in [-0.3, -0.25) is 4.79 Å². The molecular weight excluding hydrogens is 332 g/mol. The Bertz CT molecular complexity index is 836. The normalized spacial score (nSPS) is 13.9. The predicted octanol–water partition coefficient (Wildman–Crippen LogP) is 2.02. The van der Waals surface area contributed by atoms with Gasteiger partial charge in [0.25, 0.3) is 0 Å². The lowest BCUT2D eigenvalue weighted by Crippen LogP contribution is -2.30. The second-order valence-corrected chi connectivity index (χ2v) is 7.84. The number of benzene rings is 2. The Kier molecular flexibility index (Phi) is 4.43. The molecule has 3 rings (SSSR count). The van der Waals surface area contributed by atoms with E-state index in [2.05, 4.69) is 0 Å². The van der Waals surface area contributed by atoms with Crippen LogP contribution in [0.15, 0.2) is 58.3 Å². The second-order valence-electron chi connectivity index (χ2n) is 5.23. The molecule has 0 aliphatic carbocycles. The van der Waals surface area contributed by atoms with E-state index >= 15 is 0 Å². The fourth-order valence-corrected chi connectivity index (χ4v) is 3.91. The topological polar surface area (TPSA) is 80.5 Å². The van der Waals surface area contributed by atoms with Crippen LogP contribution in [0.1, 0.15) is 5.56 Å². The highest BCUT2D eigenvalue weighted by Gasteiger charge is 2.25. The van der Waals surface area contributed by atoms with Crippen molar-refractivity contribution in [2.45, 2.75) is 16.2 Å². The molecule has 23 heavy (non-hydrogen) atoms. The van der Waals surface area contributed by atoms with Gasteiger partial charge in [0, 0.05) is 17.1 Å². The molecule has 1 aliphatic heterocycles. The maximum Gasteiger partial charge on any atom is 0.238 e. The van der Waals surface area contributed by atoms with E-state index < -0.39 is 10.0 Å². The van der Waals surface area contributed by atoms with Crippen LogP contribution in [0, 0.1) is 0 Å². The van der Waals surface area contributed by atoms with Crippen LogP contribution < -0.4 is 10.0 Å². The molecular formula is C16H16N2O3S2. The highest BCUT2D eigenvalue weighted by Crippen LogP contribution is 2.31. The van der Waals surface area contributed by atoms with Crippen LogP contribution >= 0.6 is 11.8 Å². The zero-order valence-corrected chi connectivity index (χ0v) is 13.9. The third-order valence-corrected chi connectivity index (χ3v) is 5.59. The maximum atomic E-state index is 12.4. The Hall–Kier alpha value is -1.83. The van der Waals surface area contributed by atoms with Gasteiger partial charge in [-0.2, -0.15) is 0 Å². The number of rotatable bonds is 4. The van der Waals surface area contributed by atoms with E-state index in [-0.39, 0.29) is 10.8 Å². The molecule has 0 saturated carbocycles. The summed E-state index contributed by atoms with van der Waals surface area (Å²) >= 11 is 1.49. The lowest BCUT2D eigenvalue weighted by molar-refractivity contribution is -0.116. The molecule has 2 aromatic carbocycles. The van der Waals surface area contributed by atoms with E-state index in [1.165, 1.54) is 17.8 Å². The van der Waals surface area contributed by atoms with Crippen molar-refractivity contribution in [2.75, 3.05) is 17.2 Å². The van der Waals surface area contributed by atoms with Crippen LogP contribution in [-0.2, 0) is 21.2 Å². The number of carbonyl (C=O) groups excluding carboxylic acids is 1.